The first-order chi connectivity index (χ1) is 13.3. The normalized spacial score (nSPS) is 26.5. The van der Waals surface area contributed by atoms with Crippen molar-refractivity contribution in [2.75, 3.05) is 20.1 Å². The van der Waals surface area contributed by atoms with Gasteiger partial charge < -0.3 is 9.64 Å². The van der Waals surface area contributed by atoms with Crippen molar-refractivity contribution in [3.05, 3.63) is 52.4 Å². The highest BCUT2D eigenvalue weighted by Crippen LogP contribution is 2.49. The standard InChI is InChI=1S/C20H21F4NOS2/c1-25-6-4-12(5-7-25)16-9-15(28-20(22,23)24)10-17-19(16)27-18-3-2-14(21)8-13(18)11-26-17/h2-3,8-10,12,16,19H,4-7,11H2,1H3. The molecule has 4 rings (SSSR count). The highest BCUT2D eigenvalue weighted by Gasteiger charge is 2.40. The monoisotopic (exact) mass is 431 g/mol. The summed E-state index contributed by atoms with van der Waals surface area (Å²) in [6, 6.07) is 4.62. The number of allylic oxidation sites excluding steroid dienone is 2. The molecule has 2 unspecified atom stereocenters. The molecule has 2 aliphatic heterocycles. The van der Waals surface area contributed by atoms with Crippen molar-refractivity contribution in [3.63, 3.8) is 0 Å². The van der Waals surface area contributed by atoms with E-state index >= 15 is 0 Å². The molecule has 2 heterocycles. The fraction of sp³-hybridized carbons (Fsp3) is 0.500. The number of thioether (sulfide) groups is 2. The number of fused-ring (bicyclic) bond motifs is 2. The molecule has 0 amide bonds. The molecular formula is C20H21F4NOS2. The van der Waals surface area contributed by atoms with Crippen LogP contribution in [0.5, 0.6) is 0 Å². The Morgan fingerprint density at radius 1 is 1.21 bits per heavy atom. The maximum Gasteiger partial charge on any atom is 0.446 e. The molecule has 2 atom stereocenters. The maximum atomic E-state index is 13.6. The minimum Gasteiger partial charge on any atom is -0.492 e. The number of nitrogens with zero attached hydrogens (tertiary/aromatic N) is 1. The van der Waals surface area contributed by atoms with Crippen LogP contribution in [-0.4, -0.2) is 35.8 Å². The van der Waals surface area contributed by atoms with Gasteiger partial charge in [-0.3, -0.25) is 0 Å². The quantitative estimate of drug-likeness (QED) is 0.548. The van der Waals surface area contributed by atoms with Crippen LogP contribution in [0.2, 0.25) is 0 Å². The number of piperidine rings is 1. The molecule has 28 heavy (non-hydrogen) atoms. The predicted molar refractivity (Wildman–Crippen MR) is 104 cm³/mol. The van der Waals surface area contributed by atoms with E-state index in [1.807, 2.05) is 0 Å². The van der Waals surface area contributed by atoms with Gasteiger partial charge in [0.1, 0.15) is 18.2 Å². The van der Waals surface area contributed by atoms with Crippen LogP contribution >= 0.6 is 23.5 Å². The molecule has 1 aliphatic carbocycles. The Labute approximate surface area is 170 Å². The zero-order chi connectivity index (χ0) is 19.9. The van der Waals surface area contributed by atoms with Crippen LogP contribution in [0.1, 0.15) is 18.4 Å². The van der Waals surface area contributed by atoms with Crippen LogP contribution in [0.4, 0.5) is 17.6 Å². The molecule has 3 aliphatic rings. The molecule has 0 saturated carbocycles. The summed E-state index contributed by atoms with van der Waals surface area (Å²) in [5.74, 6) is 0.492. The van der Waals surface area contributed by atoms with Gasteiger partial charge in [0.2, 0.25) is 0 Å². The van der Waals surface area contributed by atoms with Crippen LogP contribution in [0.15, 0.2) is 45.9 Å². The topological polar surface area (TPSA) is 12.5 Å². The molecule has 0 spiro atoms. The average Bonchev–Trinajstić information content (AvgIpc) is 2.80. The van der Waals surface area contributed by atoms with Gasteiger partial charge in [0, 0.05) is 21.3 Å². The third-order valence-electron chi connectivity index (χ3n) is 5.48. The number of rotatable bonds is 2. The van der Waals surface area contributed by atoms with Crippen LogP contribution in [-0.2, 0) is 11.3 Å². The lowest BCUT2D eigenvalue weighted by atomic mass is 9.80. The van der Waals surface area contributed by atoms with Crippen LogP contribution in [0.25, 0.3) is 0 Å². The molecule has 0 N–H and O–H groups in total. The number of alkyl halides is 3. The van der Waals surface area contributed by atoms with Crippen LogP contribution in [0.3, 0.4) is 0 Å². The van der Waals surface area contributed by atoms with E-state index in [0.29, 0.717) is 11.7 Å². The van der Waals surface area contributed by atoms with E-state index in [1.54, 1.807) is 23.9 Å². The lowest BCUT2D eigenvalue weighted by Gasteiger charge is -2.38. The number of benzene rings is 1. The first-order valence-corrected chi connectivity index (χ1v) is 10.9. The number of likely N-dealkylation sites (tertiary alicyclic amines) is 1. The van der Waals surface area contributed by atoms with Gasteiger partial charge in [-0.15, -0.1) is 11.8 Å². The zero-order valence-electron chi connectivity index (χ0n) is 15.3. The molecule has 1 fully saturated rings. The van der Waals surface area contributed by atoms with Crippen molar-refractivity contribution >= 4 is 23.5 Å². The second-order valence-corrected chi connectivity index (χ2v) is 9.78. The summed E-state index contributed by atoms with van der Waals surface area (Å²) < 4.78 is 58.6. The average molecular weight is 432 g/mol. The molecule has 1 aromatic carbocycles. The molecule has 152 valence electrons. The van der Waals surface area contributed by atoms with Gasteiger partial charge in [-0.1, -0.05) is 6.08 Å². The molecule has 8 heteroatoms. The first kappa shape index (κ1) is 20.2. The van der Waals surface area contributed by atoms with Gasteiger partial charge in [-0.2, -0.15) is 13.2 Å². The van der Waals surface area contributed by atoms with Crippen molar-refractivity contribution < 1.29 is 22.3 Å². The predicted octanol–water partition coefficient (Wildman–Crippen LogP) is 5.81. The smallest absolute Gasteiger partial charge is 0.446 e. The Balaban J connectivity index is 1.66. The Bertz CT molecular complexity index is 800. The second-order valence-electron chi connectivity index (χ2n) is 7.46. The van der Waals surface area contributed by atoms with E-state index < -0.39 is 5.51 Å². The van der Waals surface area contributed by atoms with Crippen molar-refractivity contribution in [3.8, 4) is 0 Å². The van der Waals surface area contributed by atoms with Gasteiger partial charge in [0.05, 0.1) is 5.25 Å². The number of ether oxygens (including phenoxy) is 1. The minimum atomic E-state index is -4.34. The number of halogens is 4. The van der Waals surface area contributed by atoms with Crippen molar-refractivity contribution in [1.82, 2.24) is 4.90 Å². The molecule has 0 bridgehead atoms. The van der Waals surface area contributed by atoms with Gasteiger partial charge in [0.15, 0.2) is 0 Å². The third kappa shape index (κ3) is 4.54. The van der Waals surface area contributed by atoms with Gasteiger partial charge in [-0.05, 0) is 74.9 Å². The summed E-state index contributed by atoms with van der Waals surface area (Å²) in [4.78, 5) is 3.38. The van der Waals surface area contributed by atoms with Gasteiger partial charge in [0.25, 0.3) is 0 Å². The Kier molecular flexibility index (Phi) is 5.73. The molecule has 2 nitrogen and oxygen atoms in total. The Morgan fingerprint density at radius 3 is 2.68 bits per heavy atom. The highest BCUT2D eigenvalue weighted by molar-refractivity contribution is 8.04. The molecule has 1 aromatic rings. The second kappa shape index (κ2) is 7.95. The minimum absolute atomic E-state index is 0.0421. The SMILES string of the molecule is CN1CCC(C2C=C(SC(F)(F)F)C=C3OCc4cc(F)ccc4SC32)CC1. The fourth-order valence-corrected chi connectivity index (χ4v) is 6.13. The Morgan fingerprint density at radius 2 is 1.96 bits per heavy atom. The van der Waals surface area contributed by atoms with Crippen LogP contribution in [0, 0.1) is 17.7 Å². The highest BCUT2D eigenvalue weighted by atomic mass is 32.2. The van der Waals surface area contributed by atoms with Crippen LogP contribution < -0.4 is 0 Å². The van der Waals surface area contributed by atoms with E-state index in [2.05, 4.69) is 11.9 Å². The molecule has 0 radical (unpaired) electrons. The zero-order valence-corrected chi connectivity index (χ0v) is 17.0. The first-order valence-electron chi connectivity index (χ1n) is 9.24. The summed E-state index contributed by atoms with van der Waals surface area (Å²) in [5.41, 5.74) is -3.59. The fourth-order valence-electron chi connectivity index (χ4n) is 4.07. The Hall–Kier alpha value is -1.12. The maximum absolute atomic E-state index is 13.6. The van der Waals surface area contributed by atoms with Crippen molar-refractivity contribution in [2.24, 2.45) is 11.8 Å². The van der Waals surface area contributed by atoms with Crippen molar-refractivity contribution in [2.45, 2.75) is 35.1 Å². The lowest BCUT2D eigenvalue weighted by molar-refractivity contribution is -0.0321. The molecule has 1 saturated heterocycles. The summed E-state index contributed by atoms with van der Waals surface area (Å²) in [7, 11) is 2.07. The van der Waals surface area contributed by atoms with E-state index in [9.17, 15) is 17.6 Å². The largest absolute Gasteiger partial charge is 0.492 e. The van der Waals surface area contributed by atoms with Gasteiger partial charge in [-0.25, -0.2) is 4.39 Å². The number of hydrogen-bond donors (Lipinski definition) is 0. The van der Waals surface area contributed by atoms with E-state index in [4.69, 9.17) is 4.74 Å². The molecule has 0 aromatic heterocycles. The van der Waals surface area contributed by atoms with E-state index in [0.717, 1.165) is 36.4 Å². The summed E-state index contributed by atoms with van der Waals surface area (Å²) in [6.45, 7) is 2.05. The summed E-state index contributed by atoms with van der Waals surface area (Å²) in [5, 5.41) is -0.0855. The number of hydrogen-bond acceptors (Lipinski definition) is 4. The third-order valence-corrected chi connectivity index (χ3v) is 7.66. The summed E-state index contributed by atoms with van der Waals surface area (Å²) >= 11 is 1.50. The van der Waals surface area contributed by atoms with E-state index in [-0.39, 0.29) is 40.3 Å². The van der Waals surface area contributed by atoms with E-state index in [1.165, 1.54) is 18.2 Å². The lowest BCUT2D eigenvalue weighted by Crippen LogP contribution is -2.37. The molecular weight excluding hydrogens is 410 g/mol. The summed E-state index contributed by atoms with van der Waals surface area (Å²) in [6.07, 6.45) is 5.20. The van der Waals surface area contributed by atoms with Gasteiger partial charge >= 0.3 is 5.51 Å². The van der Waals surface area contributed by atoms with Crippen molar-refractivity contribution in [1.29, 1.82) is 0 Å².